The lowest BCUT2D eigenvalue weighted by Gasteiger charge is -2.27. The number of anilines is 1. The van der Waals surface area contributed by atoms with E-state index in [-0.39, 0.29) is 5.63 Å². The van der Waals surface area contributed by atoms with Crippen LogP contribution in [-0.2, 0) is 23.5 Å². The summed E-state index contributed by atoms with van der Waals surface area (Å²) in [5, 5.41) is 10.6. The van der Waals surface area contributed by atoms with Crippen molar-refractivity contribution in [1.82, 2.24) is 14.8 Å². The highest BCUT2D eigenvalue weighted by atomic mass is 32.2. The first-order valence-corrected chi connectivity index (χ1v) is 10.6. The van der Waals surface area contributed by atoms with Gasteiger partial charge in [0.05, 0.1) is 13.2 Å². The summed E-state index contributed by atoms with van der Waals surface area (Å²) in [5.41, 5.74) is 2.44. The summed E-state index contributed by atoms with van der Waals surface area (Å²) in [6.45, 7) is 8.05. The molecular formula is C20H24N4O3S. The van der Waals surface area contributed by atoms with Crippen molar-refractivity contribution in [2.75, 3.05) is 31.2 Å². The third kappa shape index (κ3) is 3.79. The number of morpholine rings is 1. The standard InChI is InChI=1S/C20H24N4O3S/c1-3-14-5-6-16-15(12-18(25)27-17(16)11-14)13-28-20-22-21-19(24(20)4-2)23-7-9-26-10-8-23/h5-6,11-12H,3-4,7-10,13H2,1-2H3. The van der Waals surface area contributed by atoms with Crippen LogP contribution in [0.2, 0.25) is 0 Å². The van der Waals surface area contributed by atoms with Crippen molar-refractivity contribution in [1.29, 1.82) is 0 Å². The fraction of sp³-hybridized carbons (Fsp3) is 0.450. The van der Waals surface area contributed by atoms with Crippen LogP contribution in [0.4, 0.5) is 5.95 Å². The molecule has 1 aliphatic rings. The van der Waals surface area contributed by atoms with Gasteiger partial charge in [0.1, 0.15) is 5.58 Å². The minimum atomic E-state index is -0.317. The first-order chi connectivity index (χ1) is 13.7. The third-order valence-electron chi connectivity index (χ3n) is 4.97. The number of hydrogen-bond donors (Lipinski definition) is 0. The van der Waals surface area contributed by atoms with Crippen molar-refractivity contribution < 1.29 is 9.15 Å². The summed E-state index contributed by atoms with van der Waals surface area (Å²) in [4.78, 5) is 14.2. The molecule has 28 heavy (non-hydrogen) atoms. The van der Waals surface area contributed by atoms with Gasteiger partial charge in [-0.05, 0) is 30.5 Å². The molecule has 0 unspecified atom stereocenters. The van der Waals surface area contributed by atoms with Crippen LogP contribution in [0.1, 0.15) is 25.0 Å². The number of aromatic nitrogens is 3. The Labute approximate surface area is 167 Å². The zero-order valence-corrected chi connectivity index (χ0v) is 17.0. The van der Waals surface area contributed by atoms with Crippen molar-refractivity contribution in [3.8, 4) is 0 Å². The Kier molecular flexibility index (Phi) is 5.68. The number of ether oxygens (including phenoxy) is 1. The summed E-state index contributed by atoms with van der Waals surface area (Å²) < 4.78 is 13.0. The summed E-state index contributed by atoms with van der Waals surface area (Å²) in [6, 6.07) is 7.66. The van der Waals surface area contributed by atoms with Crippen LogP contribution < -0.4 is 10.5 Å². The van der Waals surface area contributed by atoms with E-state index in [2.05, 4.69) is 39.6 Å². The first-order valence-electron chi connectivity index (χ1n) is 9.64. The quantitative estimate of drug-likeness (QED) is 0.465. The average molecular weight is 401 g/mol. The molecule has 0 N–H and O–H groups in total. The maximum absolute atomic E-state index is 12.0. The van der Waals surface area contributed by atoms with Crippen molar-refractivity contribution in [2.24, 2.45) is 0 Å². The molecule has 0 amide bonds. The van der Waals surface area contributed by atoms with Crippen molar-refractivity contribution in [3.63, 3.8) is 0 Å². The van der Waals surface area contributed by atoms with Crippen LogP contribution in [0.5, 0.6) is 0 Å². The van der Waals surface area contributed by atoms with Gasteiger partial charge in [0, 0.05) is 36.8 Å². The number of nitrogens with zero attached hydrogens (tertiary/aromatic N) is 4. The van der Waals surface area contributed by atoms with E-state index in [1.54, 1.807) is 17.8 Å². The van der Waals surface area contributed by atoms with E-state index < -0.39 is 0 Å². The second kappa shape index (κ2) is 8.36. The normalized spacial score (nSPS) is 14.7. The second-order valence-corrected chi connectivity index (χ2v) is 7.63. The van der Waals surface area contributed by atoms with Gasteiger partial charge in [0.25, 0.3) is 0 Å². The molecule has 1 aliphatic heterocycles. The van der Waals surface area contributed by atoms with Crippen LogP contribution in [0.3, 0.4) is 0 Å². The number of fused-ring (bicyclic) bond motifs is 1. The van der Waals surface area contributed by atoms with Gasteiger partial charge in [-0.2, -0.15) is 0 Å². The van der Waals surface area contributed by atoms with E-state index >= 15 is 0 Å². The van der Waals surface area contributed by atoms with Gasteiger partial charge in [0.2, 0.25) is 5.95 Å². The molecule has 7 nitrogen and oxygen atoms in total. The van der Waals surface area contributed by atoms with Crippen molar-refractivity contribution >= 4 is 28.7 Å². The molecule has 0 aliphatic carbocycles. The van der Waals surface area contributed by atoms with Crippen molar-refractivity contribution in [2.45, 2.75) is 37.7 Å². The Morgan fingerprint density at radius 3 is 2.71 bits per heavy atom. The summed E-state index contributed by atoms with van der Waals surface area (Å²) in [5.74, 6) is 1.52. The molecule has 0 bridgehead atoms. The topological polar surface area (TPSA) is 73.4 Å². The van der Waals surface area contributed by atoms with Crippen molar-refractivity contribution in [3.05, 3.63) is 45.8 Å². The van der Waals surface area contributed by atoms with Crippen LogP contribution in [0, 0.1) is 0 Å². The molecule has 3 heterocycles. The molecule has 1 aromatic carbocycles. The number of rotatable bonds is 6. The average Bonchev–Trinajstić information content (AvgIpc) is 3.14. The molecule has 0 spiro atoms. The van der Waals surface area contributed by atoms with Crippen LogP contribution in [-0.4, -0.2) is 41.1 Å². The van der Waals surface area contributed by atoms with E-state index in [9.17, 15) is 4.79 Å². The second-order valence-electron chi connectivity index (χ2n) is 6.69. The molecule has 148 valence electrons. The number of benzene rings is 1. The lowest BCUT2D eigenvalue weighted by atomic mass is 10.1. The molecule has 1 fully saturated rings. The van der Waals surface area contributed by atoms with Gasteiger partial charge in [-0.1, -0.05) is 30.8 Å². The van der Waals surface area contributed by atoms with Gasteiger partial charge in [-0.25, -0.2) is 4.79 Å². The highest BCUT2D eigenvalue weighted by Crippen LogP contribution is 2.28. The molecule has 3 aromatic rings. The van der Waals surface area contributed by atoms with E-state index in [1.165, 1.54) is 0 Å². The predicted molar refractivity (Wildman–Crippen MR) is 110 cm³/mol. The fourth-order valence-corrected chi connectivity index (χ4v) is 4.41. The van der Waals surface area contributed by atoms with Gasteiger partial charge in [0.15, 0.2) is 5.16 Å². The Balaban J connectivity index is 1.59. The molecule has 2 aromatic heterocycles. The van der Waals surface area contributed by atoms with E-state index in [0.29, 0.717) is 24.5 Å². The molecule has 4 rings (SSSR count). The zero-order valence-electron chi connectivity index (χ0n) is 16.2. The molecular weight excluding hydrogens is 376 g/mol. The van der Waals surface area contributed by atoms with Crippen LogP contribution in [0.15, 0.2) is 38.6 Å². The van der Waals surface area contributed by atoms with E-state index in [1.807, 2.05) is 12.1 Å². The van der Waals surface area contributed by atoms with E-state index in [4.69, 9.17) is 9.15 Å². The Bertz CT molecular complexity index is 1020. The van der Waals surface area contributed by atoms with Crippen LogP contribution in [0.25, 0.3) is 11.0 Å². The van der Waals surface area contributed by atoms with Crippen LogP contribution >= 0.6 is 11.8 Å². The molecule has 8 heteroatoms. The minimum Gasteiger partial charge on any atom is -0.423 e. The smallest absolute Gasteiger partial charge is 0.336 e. The Hall–Kier alpha value is -2.32. The number of aryl methyl sites for hydroxylation is 1. The molecule has 1 saturated heterocycles. The molecule has 0 atom stereocenters. The molecule has 0 radical (unpaired) electrons. The summed E-state index contributed by atoms with van der Waals surface area (Å²) in [6.07, 6.45) is 0.905. The Morgan fingerprint density at radius 1 is 1.14 bits per heavy atom. The minimum absolute atomic E-state index is 0.317. The maximum atomic E-state index is 12.0. The lowest BCUT2D eigenvalue weighted by Crippen LogP contribution is -2.38. The number of thioether (sulfide) groups is 1. The zero-order chi connectivity index (χ0) is 19.5. The lowest BCUT2D eigenvalue weighted by molar-refractivity contribution is 0.121. The van der Waals surface area contributed by atoms with Gasteiger partial charge in [-0.15, -0.1) is 10.2 Å². The number of hydrogen-bond acceptors (Lipinski definition) is 7. The molecule has 0 saturated carbocycles. The summed E-state index contributed by atoms with van der Waals surface area (Å²) >= 11 is 1.59. The van der Waals surface area contributed by atoms with Gasteiger partial charge in [-0.3, -0.25) is 4.57 Å². The highest BCUT2D eigenvalue weighted by molar-refractivity contribution is 7.98. The van der Waals surface area contributed by atoms with Gasteiger partial charge >= 0.3 is 5.63 Å². The fourth-order valence-electron chi connectivity index (χ4n) is 3.42. The monoisotopic (exact) mass is 400 g/mol. The Morgan fingerprint density at radius 2 is 1.96 bits per heavy atom. The third-order valence-corrected chi connectivity index (χ3v) is 5.98. The predicted octanol–water partition coefficient (Wildman–Crippen LogP) is 3.10. The van der Waals surface area contributed by atoms with E-state index in [0.717, 1.165) is 53.7 Å². The summed E-state index contributed by atoms with van der Waals surface area (Å²) in [7, 11) is 0. The van der Waals surface area contributed by atoms with Gasteiger partial charge < -0.3 is 14.1 Å². The largest absolute Gasteiger partial charge is 0.423 e. The maximum Gasteiger partial charge on any atom is 0.336 e. The first kappa shape index (κ1) is 19.0. The SMILES string of the molecule is CCc1ccc2c(CSc3nnc(N4CCOCC4)n3CC)cc(=O)oc2c1. The highest BCUT2D eigenvalue weighted by Gasteiger charge is 2.20.